The Morgan fingerprint density at radius 1 is 0.190 bits per heavy atom. The molecule has 0 atom stereocenters. The van der Waals surface area contributed by atoms with E-state index in [-0.39, 0.29) is 43.3 Å². The molecule has 0 N–H and O–H groups in total. The zero-order valence-corrected chi connectivity index (χ0v) is 75.5. The van der Waals surface area contributed by atoms with E-state index in [1.165, 1.54) is 156 Å². The Morgan fingerprint density at radius 2 is 0.448 bits per heavy atom. The average Bonchev–Trinajstić information content (AvgIpc) is 0.815. The number of rotatable bonds is 7. The van der Waals surface area contributed by atoms with Crippen molar-refractivity contribution in [3.8, 4) is 39.3 Å². The summed E-state index contributed by atoms with van der Waals surface area (Å²) in [5.41, 5.74) is 32.6. The summed E-state index contributed by atoms with van der Waals surface area (Å²) in [5, 5.41) is 7.49. The van der Waals surface area contributed by atoms with Gasteiger partial charge in [-0.2, -0.15) is 0 Å². The Labute approximate surface area is 694 Å². The molecule has 2 aliphatic heterocycles. The number of benzene rings is 13. The first kappa shape index (κ1) is 76.8. The maximum absolute atomic E-state index is 3.41. The summed E-state index contributed by atoms with van der Waals surface area (Å²) in [6.45, 7) is 56.5. The monoisotopic (exact) mass is 1570 g/mol. The van der Waals surface area contributed by atoms with E-state index in [1.54, 1.807) is 0 Å². The Balaban J connectivity index is 0.993. The smallest absolute Gasteiger partial charge is 0.0561 e. The van der Waals surface area contributed by atoms with Gasteiger partial charge in [-0.25, -0.2) is 0 Å². The molecule has 3 aromatic heterocycles. The van der Waals surface area contributed by atoms with E-state index in [0.717, 1.165) is 39.5 Å². The summed E-state index contributed by atoms with van der Waals surface area (Å²) in [7, 11) is 0. The SMILES string of the molecule is CC(C)(C)c1cc(-c2ccc3c4ccc(-c5cc(C(C)(C)C)cc(C(C)(C)C)c5)cc4n(-c4cc5[c]6c(c4)N(c4ccccc4)c4cc(-n7c8cc(C(C)(C)C)ccc8c8ccc(C(C)(C)C)cc87)cc[c]4[Ga]6[c]4ccc(-n6c7cc(C(C)(C)C)ccc7c7ccc(C(C)(C)C)cc76)cc4N5c4ccccc4)c3c2)cc(C(C)(C)C)c1. The number of hydrogen-bond acceptors (Lipinski definition) is 2. The summed E-state index contributed by atoms with van der Waals surface area (Å²) in [6.07, 6.45) is 0. The van der Waals surface area contributed by atoms with Gasteiger partial charge >= 0.3 is 617 Å². The predicted octanol–water partition coefficient (Wildman–Crippen LogP) is 28.8. The normalized spacial score (nSPS) is 13.8. The van der Waals surface area contributed by atoms with Gasteiger partial charge in [-0.1, -0.05) is 83.1 Å². The minimum absolute atomic E-state index is 0.0759. The fourth-order valence-corrected chi connectivity index (χ4v) is 26.0. The van der Waals surface area contributed by atoms with E-state index in [1.807, 2.05) is 0 Å². The molecule has 0 aliphatic carbocycles. The second-order valence-electron chi connectivity index (χ2n) is 42.2. The van der Waals surface area contributed by atoms with Gasteiger partial charge in [-0.05, 0) is 0 Å². The van der Waals surface area contributed by atoms with Crippen molar-refractivity contribution in [2.75, 3.05) is 9.80 Å². The van der Waals surface area contributed by atoms with Crippen molar-refractivity contribution in [2.45, 2.75) is 209 Å². The molecular weight excluding hydrogens is 1460 g/mol. The fraction of sp³-hybridized carbons (Fsp3) is 0.291. The van der Waals surface area contributed by atoms with Crippen molar-refractivity contribution >= 4 is 128 Å². The van der Waals surface area contributed by atoms with Crippen LogP contribution in [0.1, 0.15) is 211 Å². The number of nitrogens with zero attached hydrogens (tertiary/aromatic N) is 5. The molecule has 0 bridgehead atoms. The van der Waals surface area contributed by atoms with Crippen LogP contribution in [0.2, 0.25) is 0 Å². The first-order chi connectivity index (χ1) is 54.5. The first-order valence-electron chi connectivity index (χ1n) is 42.3. The summed E-state index contributed by atoms with van der Waals surface area (Å²) in [5.74, 6) is 0. The topological polar surface area (TPSA) is 21.3 Å². The fourth-order valence-electron chi connectivity index (χ4n) is 18.5. The molecule has 0 fully saturated rings. The molecule has 0 saturated carbocycles. The molecule has 2 aliphatic rings. The maximum atomic E-state index is 2.68. The van der Waals surface area contributed by atoms with Crippen LogP contribution in [0.15, 0.2) is 255 Å². The van der Waals surface area contributed by atoms with Crippen LogP contribution in [0.4, 0.5) is 34.1 Å². The summed E-state index contributed by atoms with van der Waals surface area (Å²) >= 11 is -3.41. The van der Waals surface area contributed by atoms with Gasteiger partial charge in [0, 0.05) is 0 Å². The summed E-state index contributed by atoms with van der Waals surface area (Å²) < 4.78 is 12.2. The van der Waals surface area contributed by atoms with Gasteiger partial charge in [0.1, 0.15) is 0 Å². The third-order valence-corrected chi connectivity index (χ3v) is 32.7. The van der Waals surface area contributed by atoms with Gasteiger partial charge in [-0.15, -0.1) is 0 Å². The molecule has 0 saturated heterocycles. The van der Waals surface area contributed by atoms with Crippen LogP contribution in [0.5, 0.6) is 0 Å². The Bertz CT molecular complexity index is 6100. The molecule has 0 radical (unpaired) electrons. The zero-order valence-electron chi connectivity index (χ0n) is 73.1. The molecule has 13 aromatic carbocycles. The number of para-hydroxylation sites is 2. The van der Waals surface area contributed by atoms with E-state index in [2.05, 4.69) is 444 Å². The molecule has 16 aromatic rings. The van der Waals surface area contributed by atoms with Gasteiger partial charge < -0.3 is 0 Å². The third kappa shape index (κ3) is 13.0. The first-order valence-corrected chi connectivity index (χ1v) is 45.9. The molecule has 18 rings (SSSR count). The van der Waals surface area contributed by atoms with Gasteiger partial charge in [0.15, 0.2) is 0 Å². The minimum Gasteiger partial charge on any atom is -0.0561 e. The second-order valence-corrected chi connectivity index (χ2v) is 47.8. The van der Waals surface area contributed by atoms with Crippen molar-refractivity contribution in [2.24, 2.45) is 0 Å². The van der Waals surface area contributed by atoms with E-state index in [0.29, 0.717) is 0 Å². The van der Waals surface area contributed by atoms with Crippen LogP contribution in [-0.4, -0.2) is 29.9 Å². The molecule has 0 amide bonds. The van der Waals surface area contributed by atoms with E-state index in [9.17, 15) is 0 Å². The van der Waals surface area contributed by atoms with Crippen LogP contribution >= 0.6 is 0 Å². The van der Waals surface area contributed by atoms with E-state index in [4.69, 9.17) is 0 Å². The molecule has 5 heterocycles. The van der Waals surface area contributed by atoms with Gasteiger partial charge in [0.25, 0.3) is 0 Å². The Kier molecular flexibility index (Phi) is 17.5. The van der Waals surface area contributed by atoms with Crippen molar-refractivity contribution in [1.82, 2.24) is 13.7 Å². The van der Waals surface area contributed by atoms with Crippen LogP contribution in [0.3, 0.4) is 0 Å². The molecule has 582 valence electrons. The standard InChI is InChI=1S/C110H114N5.Ga/c1-103(2,3)74-43-49-93-94-50-44-75(104(4,5)6)62-100(94)113(99(93)61-74)86-39-31-37-84(65-86)111(82-33-27-25-28-34-82)88-67-89(112(83-35-29-26-30-36-83)85-38-32-40-87(66-85)114-101-63-76(105(7,8)9)45-51-95(101)96-52-46-77(64-102(96)114)106(10,11)12)69-90(68-88)115-97-57-70(72-53-78(107(13,14)15)59-79(54-72)108(16,17)18)41-47-91(97)92-48-42-71(58-98(92)115)73-55-80(109(19,20)21)60-81(56-73)110(22,23)24;/h25-36,39-66,68-69H,1-24H3;. The van der Waals surface area contributed by atoms with Gasteiger partial charge in [0.05, 0.1) is 0 Å². The van der Waals surface area contributed by atoms with Crippen molar-refractivity contribution in [3.63, 3.8) is 0 Å². The second kappa shape index (κ2) is 26.5. The quantitative estimate of drug-likeness (QED) is 0.148. The molecule has 6 heteroatoms. The average molecular weight is 1580 g/mol. The van der Waals surface area contributed by atoms with Crippen LogP contribution < -0.4 is 22.2 Å². The third-order valence-electron chi connectivity index (χ3n) is 25.6. The number of fused-ring (bicyclic) bond motifs is 13. The molecule has 0 unspecified atom stereocenters. The zero-order chi connectivity index (χ0) is 81.9. The summed E-state index contributed by atoms with van der Waals surface area (Å²) in [6, 6.07) is 102. The van der Waals surface area contributed by atoms with E-state index >= 15 is 0 Å². The van der Waals surface area contributed by atoms with Crippen molar-refractivity contribution in [3.05, 3.63) is 299 Å². The van der Waals surface area contributed by atoms with E-state index < -0.39 is 16.2 Å². The summed E-state index contributed by atoms with van der Waals surface area (Å²) in [4.78, 5) is 5.36. The molecular formula is C110H114GaN5. The predicted molar refractivity (Wildman–Crippen MR) is 504 cm³/mol. The molecule has 0 spiro atoms. The number of anilines is 6. The van der Waals surface area contributed by atoms with Crippen LogP contribution in [-0.2, 0) is 43.3 Å². The van der Waals surface area contributed by atoms with Crippen molar-refractivity contribution < 1.29 is 0 Å². The molecule has 5 nitrogen and oxygen atoms in total. The molecule has 116 heavy (non-hydrogen) atoms. The van der Waals surface area contributed by atoms with Gasteiger partial charge in [-0.3, -0.25) is 0 Å². The van der Waals surface area contributed by atoms with Crippen LogP contribution in [0, 0.1) is 0 Å². The number of hydrogen-bond donors (Lipinski definition) is 0. The Hall–Kier alpha value is -10.5. The minimum atomic E-state index is -3.41. The Morgan fingerprint density at radius 3 is 0.733 bits per heavy atom. The van der Waals surface area contributed by atoms with Crippen LogP contribution in [0.25, 0.3) is 105 Å². The number of aromatic nitrogens is 3. The van der Waals surface area contributed by atoms with Crippen molar-refractivity contribution in [1.29, 1.82) is 0 Å². The van der Waals surface area contributed by atoms with Gasteiger partial charge in [0.2, 0.25) is 0 Å².